The van der Waals surface area contributed by atoms with Crippen molar-refractivity contribution in [3.05, 3.63) is 101 Å². The first-order chi connectivity index (χ1) is 18.4. The van der Waals surface area contributed by atoms with E-state index in [1.54, 1.807) is 29.2 Å². The Balaban J connectivity index is 1.46. The lowest BCUT2D eigenvalue weighted by Crippen LogP contribution is -2.39. The Morgan fingerprint density at radius 1 is 0.921 bits per heavy atom. The number of benzene rings is 3. The summed E-state index contributed by atoms with van der Waals surface area (Å²) in [6, 6.07) is 23.1. The van der Waals surface area contributed by atoms with Crippen molar-refractivity contribution in [2.45, 2.75) is 25.3 Å². The molecule has 0 radical (unpaired) electrons. The Labute approximate surface area is 232 Å². The maximum atomic E-state index is 13.5. The van der Waals surface area contributed by atoms with Crippen molar-refractivity contribution in [2.24, 2.45) is 0 Å². The van der Waals surface area contributed by atoms with Crippen LogP contribution in [0.3, 0.4) is 0 Å². The number of methoxy groups -OCH3 is 1. The topological polar surface area (TPSA) is 78.9 Å². The Morgan fingerprint density at radius 2 is 1.55 bits per heavy atom. The SMILES string of the molecule is COC(=O)c1ccc(NC(=O)CC2C(=O)N(CCc3ccccc3)C(=S)N2CCc2ccc(Cl)cc2)cc1. The van der Waals surface area contributed by atoms with E-state index < -0.39 is 12.0 Å². The van der Waals surface area contributed by atoms with E-state index in [0.717, 1.165) is 11.1 Å². The molecule has 1 aliphatic heterocycles. The lowest BCUT2D eigenvalue weighted by atomic mass is 10.1. The van der Waals surface area contributed by atoms with E-state index in [2.05, 4.69) is 5.32 Å². The molecule has 4 rings (SSSR count). The van der Waals surface area contributed by atoms with Gasteiger partial charge in [-0.25, -0.2) is 4.79 Å². The molecule has 2 amide bonds. The van der Waals surface area contributed by atoms with Gasteiger partial charge in [0, 0.05) is 23.8 Å². The van der Waals surface area contributed by atoms with Gasteiger partial charge in [-0.2, -0.15) is 0 Å². The van der Waals surface area contributed by atoms with Crippen molar-refractivity contribution in [1.82, 2.24) is 9.80 Å². The highest BCUT2D eigenvalue weighted by Gasteiger charge is 2.42. The molecule has 3 aromatic carbocycles. The molecule has 0 aliphatic carbocycles. The summed E-state index contributed by atoms with van der Waals surface area (Å²) in [5.74, 6) is -0.962. The van der Waals surface area contributed by atoms with Crippen LogP contribution in [-0.4, -0.2) is 58.9 Å². The first-order valence-electron chi connectivity index (χ1n) is 12.2. The molecule has 196 valence electrons. The molecule has 0 saturated carbocycles. The molecule has 7 nitrogen and oxygen atoms in total. The van der Waals surface area contributed by atoms with Crippen LogP contribution in [0.1, 0.15) is 27.9 Å². The summed E-state index contributed by atoms with van der Waals surface area (Å²) < 4.78 is 4.71. The van der Waals surface area contributed by atoms with Crippen LogP contribution < -0.4 is 5.32 Å². The van der Waals surface area contributed by atoms with Gasteiger partial charge in [0.1, 0.15) is 6.04 Å². The monoisotopic (exact) mass is 549 g/mol. The fraction of sp³-hybridized carbons (Fsp3) is 0.241. The molecule has 0 bridgehead atoms. The number of thiocarbonyl (C=S) groups is 1. The fourth-order valence-corrected chi connectivity index (χ4v) is 4.86. The zero-order valence-electron chi connectivity index (χ0n) is 20.9. The van der Waals surface area contributed by atoms with E-state index >= 15 is 0 Å². The maximum absolute atomic E-state index is 13.5. The number of halogens is 1. The van der Waals surface area contributed by atoms with Gasteiger partial charge in [-0.15, -0.1) is 0 Å². The summed E-state index contributed by atoms with van der Waals surface area (Å²) in [5, 5.41) is 3.90. The second-order valence-corrected chi connectivity index (χ2v) is 9.72. The smallest absolute Gasteiger partial charge is 0.337 e. The van der Waals surface area contributed by atoms with Crippen LogP contribution in [0.4, 0.5) is 5.69 Å². The predicted octanol–water partition coefficient (Wildman–Crippen LogP) is 4.74. The van der Waals surface area contributed by atoms with E-state index in [-0.39, 0.29) is 18.2 Å². The number of anilines is 1. The largest absolute Gasteiger partial charge is 0.465 e. The lowest BCUT2D eigenvalue weighted by molar-refractivity contribution is -0.130. The molecule has 3 aromatic rings. The Bertz CT molecular complexity index is 1300. The van der Waals surface area contributed by atoms with Crippen LogP contribution in [0.5, 0.6) is 0 Å². The predicted molar refractivity (Wildman–Crippen MR) is 151 cm³/mol. The van der Waals surface area contributed by atoms with E-state index in [4.69, 9.17) is 28.6 Å². The van der Waals surface area contributed by atoms with E-state index in [1.807, 2.05) is 59.5 Å². The highest BCUT2D eigenvalue weighted by Crippen LogP contribution is 2.23. The highest BCUT2D eigenvalue weighted by molar-refractivity contribution is 7.80. The molecule has 9 heteroatoms. The number of hydrogen-bond acceptors (Lipinski definition) is 5. The average molecular weight is 550 g/mol. The Hall–Kier alpha value is -3.75. The first-order valence-corrected chi connectivity index (χ1v) is 13.0. The molecular formula is C29H28ClN3O4S. The average Bonchev–Trinajstić information content (AvgIpc) is 3.15. The summed E-state index contributed by atoms with van der Waals surface area (Å²) in [6.45, 7) is 0.923. The number of amides is 2. The Kier molecular flexibility index (Phi) is 9.10. The normalized spacial score (nSPS) is 15.1. The summed E-state index contributed by atoms with van der Waals surface area (Å²) in [7, 11) is 1.31. The van der Waals surface area contributed by atoms with Gasteiger partial charge in [-0.1, -0.05) is 54.1 Å². The fourth-order valence-electron chi connectivity index (χ4n) is 4.33. The number of esters is 1. The van der Waals surface area contributed by atoms with Crippen LogP contribution in [0.15, 0.2) is 78.9 Å². The number of nitrogens with zero attached hydrogens (tertiary/aromatic N) is 2. The van der Waals surface area contributed by atoms with Gasteiger partial charge in [-0.05, 0) is 72.6 Å². The molecule has 1 unspecified atom stereocenters. The minimum Gasteiger partial charge on any atom is -0.465 e. The Morgan fingerprint density at radius 3 is 2.21 bits per heavy atom. The van der Waals surface area contributed by atoms with Crippen molar-refractivity contribution in [3.8, 4) is 0 Å². The first kappa shape index (κ1) is 27.3. The van der Waals surface area contributed by atoms with Gasteiger partial charge < -0.3 is 15.0 Å². The third kappa shape index (κ3) is 6.76. The molecule has 0 spiro atoms. The molecule has 38 heavy (non-hydrogen) atoms. The standard InChI is InChI=1S/C29H28ClN3O4S/c1-37-28(36)22-9-13-24(14-10-22)31-26(34)19-25-27(35)33(18-16-20-5-3-2-4-6-20)29(38)32(25)17-15-21-7-11-23(30)12-8-21/h2-14,25H,15-19H2,1H3,(H,31,34). The second-order valence-electron chi connectivity index (χ2n) is 8.91. The number of nitrogens with one attached hydrogen (secondary N) is 1. The van der Waals surface area contributed by atoms with Crippen molar-refractivity contribution in [1.29, 1.82) is 0 Å². The molecule has 1 atom stereocenters. The van der Waals surface area contributed by atoms with Crippen LogP contribution in [-0.2, 0) is 27.2 Å². The van der Waals surface area contributed by atoms with E-state index in [1.165, 1.54) is 7.11 Å². The van der Waals surface area contributed by atoms with Crippen LogP contribution in [0.25, 0.3) is 0 Å². The zero-order valence-corrected chi connectivity index (χ0v) is 22.5. The number of hydrogen-bond donors (Lipinski definition) is 1. The van der Waals surface area contributed by atoms with Crippen molar-refractivity contribution < 1.29 is 19.1 Å². The highest BCUT2D eigenvalue weighted by atomic mass is 35.5. The molecule has 1 aliphatic rings. The summed E-state index contributed by atoms with van der Waals surface area (Å²) in [5.41, 5.74) is 3.06. The molecule has 1 saturated heterocycles. The van der Waals surface area contributed by atoms with Gasteiger partial charge in [0.15, 0.2) is 5.11 Å². The van der Waals surface area contributed by atoms with Crippen molar-refractivity contribution in [2.75, 3.05) is 25.5 Å². The number of carbonyl (C=O) groups excluding carboxylic acids is 3. The molecule has 0 aromatic heterocycles. The van der Waals surface area contributed by atoms with Gasteiger partial charge >= 0.3 is 5.97 Å². The molecule has 1 N–H and O–H groups in total. The van der Waals surface area contributed by atoms with Crippen molar-refractivity contribution in [3.63, 3.8) is 0 Å². The third-order valence-corrected chi connectivity index (χ3v) is 7.10. The molecule has 1 fully saturated rings. The van der Waals surface area contributed by atoms with E-state index in [0.29, 0.717) is 47.3 Å². The van der Waals surface area contributed by atoms with Gasteiger partial charge in [0.2, 0.25) is 5.91 Å². The van der Waals surface area contributed by atoms with Crippen LogP contribution in [0, 0.1) is 0 Å². The summed E-state index contributed by atoms with van der Waals surface area (Å²) >= 11 is 11.7. The maximum Gasteiger partial charge on any atom is 0.337 e. The molecule has 1 heterocycles. The second kappa shape index (κ2) is 12.7. The number of carbonyl (C=O) groups is 3. The minimum atomic E-state index is -0.708. The molecular weight excluding hydrogens is 522 g/mol. The number of ether oxygens (including phenoxy) is 1. The van der Waals surface area contributed by atoms with Crippen LogP contribution >= 0.6 is 23.8 Å². The minimum absolute atomic E-state index is 0.0554. The van der Waals surface area contributed by atoms with Gasteiger partial charge in [-0.3, -0.25) is 14.5 Å². The number of rotatable bonds is 10. The third-order valence-electron chi connectivity index (χ3n) is 6.39. The van der Waals surface area contributed by atoms with E-state index in [9.17, 15) is 14.4 Å². The quantitative estimate of drug-likeness (QED) is 0.291. The van der Waals surface area contributed by atoms with Gasteiger partial charge in [0.05, 0.1) is 19.1 Å². The lowest BCUT2D eigenvalue weighted by Gasteiger charge is -2.24. The van der Waals surface area contributed by atoms with Crippen LogP contribution in [0.2, 0.25) is 5.02 Å². The van der Waals surface area contributed by atoms with Crippen molar-refractivity contribution >= 4 is 52.4 Å². The zero-order chi connectivity index (χ0) is 27.1. The van der Waals surface area contributed by atoms with Gasteiger partial charge in [0.25, 0.3) is 5.91 Å². The summed E-state index contributed by atoms with van der Waals surface area (Å²) in [6.07, 6.45) is 1.24. The summed E-state index contributed by atoms with van der Waals surface area (Å²) in [4.78, 5) is 41.6.